The van der Waals surface area contributed by atoms with Crippen LogP contribution in [0.5, 0.6) is 0 Å². The molecule has 0 bridgehead atoms. The highest BCUT2D eigenvalue weighted by molar-refractivity contribution is 5.81. The number of fused-ring (bicyclic) bond motifs is 1. The van der Waals surface area contributed by atoms with Gasteiger partial charge in [-0.05, 0) is 13.0 Å². The number of nitrogens with zero attached hydrogens (tertiary/aromatic N) is 2. The minimum atomic E-state index is -4.42. The lowest BCUT2D eigenvalue weighted by Crippen LogP contribution is -2.19. The molecule has 0 aliphatic carbocycles. The van der Waals surface area contributed by atoms with Crippen LogP contribution in [0.25, 0.3) is 10.9 Å². The smallest absolute Gasteiger partial charge is 0.328 e. The summed E-state index contributed by atoms with van der Waals surface area (Å²) in [6, 6.07) is 3.73. The van der Waals surface area contributed by atoms with E-state index in [4.69, 9.17) is 5.73 Å². The van der Waals surface area contributed by atoms with Crippen molar-refractivity contribution in [3.8, 4) is 0 Å². The van der Waals surface area contributed by atoms with Crippen LogP contribution in [0.15, 0.2) is 24.4 Å². The van der Waals surface area contributed by atoms with Crippen molar-refractivity contribution in [2.24, 2.45) is 5.73 Å². The maximum Gasteiger partial charge on any atom is 0.418 e. The van der Waals surface area contributed by atoms with Crippen molar-refractivity contribution in [1.82, 2.24) is 9.97 Å². The summed E-state index contributed by atoms with van der Waals surface area (Å²) in [5.41, 5.74) is 4.77. The van der Waals surface area contributed by atoms with Crippen molar-refractivity contribution >= 4 is 10.9 Å². The lowest BCUT2D eigenvalue weighted by molar-refractivity contribution is -0.136. The summed E-state index contributed by atoms with van der Waals surface area (Å²) in [5, 5.41) is 0.373. The molecule has 96 valence electrons. The van der Waals surface area contributed by atoms with E-state index < -0.39 is 11.7 Å². The second kappa shape index (κ2) is 4.53. The van der Waals surface area contributed by atoms with Gasteiger partial charge in [-0.2, -0.15) is 13.2 Å². The van der Waals surface area contributed by atoms with Gasteiger partial charge in [0.05, 0.1) is 11.1 Å². The third-order valence-corrected chi connectivity index (χ3v) is 2.47. The SMILES string of the molecule is CC(N)Cc1ncc2cccc(C(F)(F)F)c2n1. The largest absolute Gasteiger partial charge is 0.418 e. The van der Waals surface area contributed by atoms with Gasteiger partial charge in [0, 0.05) is 24.0 Å². The minimum Gasteiger partial charge on any atom is -0.328 e. The van der Waals surface area contributed by atoms with E-state index in [0.29, 0.717) is 17.6 Å². The van der Waals surface area contributed by atoms with Gasteiger partial charge in [-0.25, -0.2) is 9.97 Å². The number of halogens is 3. The van der Waals surface area contributed by atoms with Crippen molar-refractivity contribution < 1.29 is 13.2 Å². The molecule has 0 radical (unpaired) electrons. The number of benzene rings is 1. The third kappa shape index (κ3) is 2.59. The predicted octanol–water partition coefficient (Wildman–Crippen LogP) is 2.54. The Bertz CT molecular complexity index is 564. The Morgan fingerprint density at radius 3 is 2.67 bits per heavy atom. The monoisotopic (exact) mass is 255 g/mol. The van der Waals surface area contributed by atoms with Gasteiger partial charge in [0.1, 0.15) is 5.82 Å². The Kier molecular flexibility index (Phi) is 3.21. The molecule has 1 heterocycles. The highest BCUT2D eigenvalue weighted by Crippen LogP contribution is 2.33. The molecule has 0 saturated heterocycles. The van der Waals surface area contributed by atoms with Gasteiger partial charge >= 0.3 is 6.18 Å². The number of hydrogen-bond acceptors (Lipinski definition) is 3. The first kappa shape index (κ1) is 12.8. The fourth-order valence-corrected chi connectivity index (χ4v) is 1.71. The molecule has 0 spiro atoms. The van der Waals surface area contributed by atoms with Gasteiger partial charge in [0.15, 0.2) is 0 Å². The highest BCUT2D eigenvalue weighted by atomic mass is 19.4. The van der Waals surface area contributed by atoms with E-state index in [1.807, 2.05) is 0 Å². The van der Waals surface area contributed by atoms with Crippen molar-refractivity contribution in [3.05, 3.63) is 35.8 Å². The molecule has 2 aromatic rings. The van der Waals surface area contributed by atoms with Crippen molar-refractivity contribution in [2.45, 2.75) is 25.6 Å². The van der Waals surface area contributed by atoms with Crippen LogP contribution in [0.2, 0.25) is 0 Å². The molecule has 0 fully saturated rings. The molecule has 1 aromatic carbocycles. The van der Waals surface area contributed by atoms with E-state index in [-0.39, 0.29) is 11.6 Å². The number of rotatable bonds is 2. The zero-order valence-corrected chi connectivity index (χ0v) is 9.70. The first-order valence-corrected chi connectivity index (χ1v) is 5.45. The second-order valence-corrected chi connectivity index (χ2v) is 4.21. The molecule has 6 heteroatoms. The van der Waals surface area contributed by atoms with Crippen LogP contribution in [0, 0.1) is 0 Å². The molecule has 2 N–H and O–H groups in total. The summed E-state index contributed by atoms with van der Waals surface area (Å²) in [7, 11) is 0. The summed E-state index contributed by atoms with van der Waals surface area (Å²) in [6.07, 6.45) is -2.67. The van der Waals surface area contributed by atoms with Crippen LogP contribution < -0.4 is 5.73 Å². The van der Waals surface area contributed by atoms with E-state index in [1.54, 1.807) is 13.0 Å². The maximum absolute atomic E-state index is 12.8. The zero-order valence-electron chi connectivity index (χ0n) is 9.70. The van der Waals surface area contributed by atoms with E-state index >= 15 is 0 Å². The van der Waals surface area contributed by atoms with Gasteiger partial charge in [0.2, 0.25) is 0 Å². The molecular weight excluding hydrogens is 243 g/mol. The highest BCUT2D eigenvalue weighted by Gasteiger charge is 2.33. The average Bonchev–Trinajstić information content (AvgIpc) is 2.26. The summed E-state index contributed by atoms with van der Waals surface area (Å²) in [5.74, 6) is 0.328. The number of alkyl halides is 3. The number of nitrogens with two attached hydrogens (primary N) is 1. The van der Waals surface area contributed by atoms with Crippen LogP contribution in [-0.4, -0.2) is 16.0 Å². The molecule has 1 aromatic heterocycles. The first-order chi connectivity index (χ1) is 8.38. The van der Waals surface area contributed by atoms with Crippen molar-refractivity contribution in [3.63, 3.8) is 0 Å². The van der Waals surface area contributed by atoms with E-state index in [9.17, 15) is 13.2 Å². The third-order valence-electron chi connectivity index (χ3n) is 2.47. The standard InChI is InChI=1S/C12H12F3N3/c1-7(16)5-10-17-6-8-3-2-4-9(11(8)18-10)12(13,14)15/h2-4,6-7H,5,16H2,1H3. The van der Waals surface area contributed by atoms with Gasteiger partial charge < -0.3 is 5.73 Å². The van der Waals surface area contributed by atoms with Crippen LogP contribution in [0.4, 0.5) is 13.2 Å². The van der Waals surface area contributed by atoms with E-state index in [1.165, 1.54) is 12.3 Å². The van der Waals surface area contributed by atoms with Crippen molar-refractivity contribution in [1.29, 1.82) is 0 Å². The molecular formula is C12H12F3N3. The van der Waals surface area contributed by atoms with Crippen molar-refractivity contribution in [2.75, 3.05) is 0 Å². The fraction of sp³-hybridized carbons (Fsp3) is 0.333. The van der Waals surface area contributed by atoms with Crippen LogP contribution in [-0.2, 0) is 12.6 Å². The van der Waals surface area contributed by atoms with Crippen LogP contribution >= 0.6 is 0 Å². The Labute approximate surface area is 102 Å². The summed E-state index contributed by atoms with van der Waals surface area (Å²) < 4.78 is 38.5. The zero-order chi connectivity index (χ0) is 13.3. The fourth-order valence-electron chi connectivity index (χ4n) is 1.71. The predicted molar refractivity (Wildman–Crippen MR) is 61.9 cm³/mol. The molecule has 1 unspecified atom stereocenters. The lowest BCUT2D eigenvalue weighted by Gasteiger charge is -2.10. The molecule has 3 nitrogen and oxygen atoms in total. The molecule has 0 aliphatic heterocycles. The van der Waals surface area contributed by atoms with E-state index in [2.05, 4.69) is 9.97 Å². The summed E-state index contributed by atoms with van der Waals surface area (Å²) >= 11 is 0. The Morgan fingerprint density at radius 1 is 1.33 bits per heavy atom. The topological polar surface area (TPSA) is 51.8 Å². The molecule has 2 rings (SSSR count). The normalized spacial score (nSPS) is 13.8. The molecule has 0 aliphatic rings. The van der Waals surface area contributed by atoms with Crippen LogP contribution in [0.3, 0.4) is 0 Å². The molecule has 18 heavy (non-hydrogen) atoms. The van der Waals surface area contributed by atoms with Crippen LogP contribution in [0.1, 0.15) is 18.3 Å². The molecule has 0 amide bonds. The first-order valence-electron chi connectivity index (χ1n) is 5.45. The second-order valence-electron chi connectivity index (χ2n) is 4.21. The Morgan fingerprint density at radius 2 is 2.06 bits per heavy atom. The Balaban J connectivity index is 2.59. The summed E-state index contributed by atoms with van der Waals surface area (Å²) in [6.45, 7) is 1.75. The Hall–Kier alpha value is -1.69. The number of hydrogen-bond donors (Lipinski definition) is 1. The van der Waals surface area contributed by atoms with E-state index in [0.717, 1.165) is 6.07 Å². The number of para-hydroxylation sites is 1. The quantitative estimate of drug-likeness (QED) is 0.897. The molecule has 0 saturated carbocycles. The van der Waals surface area contributed by atoms with Gasteiger partial charge in [0.25, 0.3) is 0 Å². The maximum atomic E-state index is 12.8. The van der Waals surface area contributed by atoms with Gasteiger partial charge in [-0.1, -0.05) is 12.1 Å². The average molecular weight is 255 g/mol. The number of aromatic nitrogens is 2. The van der Waals surface area contributed by atoms with Gasteiger partial charge in [-0.15, -0.1) is 0 Å². The summed E-state index contributed by atoms with van der Waals surface area (Å²) in [4.78, 5) is 7.98. The molecule has 1 atom stereocenters. The minimum absolute atomic E-state index is 0.0735. The van der Waals surface area contributed by atoms with Gasteiger partial charge in [-0.3, -0.25) is 0 Å². The lowest BCUT2D eigenvalue weighted by atomic mass is 10.1.